The zero-order valence-electron chi connectivity index (χ0n) is 10.1. The monoisotopic (exact) mass is 280 g/mol. The number of benzene rings is 2. The number of nitrogen functional groups attached to an aromatic ring is 1. The smallest absolute Gasteiger partial charge is 0.273 e. The van der Waals surface area contributed by atoms with E-state index in [4.69, 9.17) is 5.84 Å². The highest BCUT2D eigenvalue weighted by molar-refractivity contribution is 5.68. The maximum absolute atomic E-state index is 13.5. The van der Waals surface area contributed by atoms with Gasteiger partial charge >= 0.3 is 0 Å². The minimum atomic E-state index is -0.680. The summed E-state index contributed by atoms with van der Waals surface area (Å²) in [5.74, 6) is 3.89. The second-order valence-electron chi connectivity index (χ2n) is 3.92. The van der Waals surface area contributed by atoms with E-state index in [-0.39, 0.29) is 22.7 Å². The van der Waals surface area contributed by atoms with Crippen LogP contribution in [0.1, 0.15) is 0 Å². The van der Waals surface area contributed by atoms with Crippen LogP contribution in [-0.4, -0.2) is 4.92 Å². The molecular formula is C12H10F2N4O2. The third-order valence-corrected chi connectivity index (χ3v) is 2.50. The van der Waals surface area contributed by atoms with E-state index in [0.29, 0.717) is 0 Å². The molecule has 0 spiro atoms. The van der Waals surface area contributed by atoms with Crippen molar-refractivity contribution < 1.29 is 13.7 Å². The Hall–Kier alpha value is -2.74. The summed E-state index contributed by atoms with van der Waals surface area (Å²) in [7, 11) is 0. The average Bonchev–Trinajstić information content (AvgIpc) is 2.42. The van der Waals surface area contributed by atoms with Gasteiger partial charge in [0.2, 0.25) is 0 Å². The first-order valence-corrected chi connectivity index (χ1v) is 5.48. The lowest BCUT2D eigenvalue weighted by molar-refractivity contribution is -0.384. The highest BCUT2D eigenvalue weighted by Gasteiger charge is 2.11. The van der Waals surface area contributed by atoms with E-state index in [1.165, 1.54) is 18.2 Å². The number of nitrogens with one attached hydrogen (secondary N) is 2. The summed E-state index contributed by atoms with van der Waals surface area (Å²) >= 11 is 0. The molecule has 104 valence electrons. The lowest BCUT2D eigenvalue weighted by Gasteiger charge is -2.09. The number of nitro benzene ring substituents is 1. The molecule has 0 radical (unpaired) electrons. The third kappa shape index (κ3) is 2.98. The number of nitrogens with two attached hydrogens (primary N) is 1. The highest BCUT2D eigenvalue weighted by Crippen LogP contribution is 2.27. The summed E-state index contributed by atoms with van der Waals surface area (Å²) in [5.41, 5.74) is 2.36. The molecule has 2 aromatic carbocycles. The molecule has 0 bridgehead atoms. The van der Waals surface area contributed by atoms with Crippen LogP contribution in [0.5, 0.6) is 0 Å². The first-order valence-electron chi connectivity index (χ1n) is 5.48. The molecule has 0 saturated heterocycles. The Kier molecular flexibility index (Phi) is 3.76. The molecule has 4 N–H and O–H groups in total. The SMILES string of the molecule is NNc1cc(Nc2cc(F)ccc2F)cc([N+](=O)[O-])c1. The van der Waals surface area contributed by atoms with Crippen molar-refractivity contribution >= 4 is 22.7 Å². The van der Waals surface area contributed by atoms with Crippen LogP contribution >= 0.6 is 0 Å². The predicted molar refractivity (Wildman–Crippen MR) is 70.5 cm³/mol. The average molecular weight is 280 g/mol. The van der Waals surface area contributed by atoms with Crippen LogP contribution in [0, 0.1) is 21.7 Å². The van der Waals surface area contributed by atoms with Crippen molar-refractivity contribution in [2.75, 3.05) is 10.7 Å². The molecule has 0 fully saturated rings. The van der Waals surface area contributed by atoms with Gasteiger partial charge in [0, 0.05) is 23.9 Å². The van der Waals surface area contributed by atoms with Crippen LogP contribution in [0.15, 0.2) is 36.4 Å². The van der Waals surface area contributed by atoms with Crippen molar-refractivity contribution in [3.8, 4) is 0 Å². The third-order valence-electron chi connectivity index (χ3n) is 2.50. The van der Waals surface area contributed by atoms with Gasteiger partial charge < -0.3 is 10.7 Å². The number of hydrogen-bond donors (Lipinski definition) is 3. The molecule has 8 heteroatoms. The van der Waals surface area contributed by atoms with E-state index in [2.05, 4.69) is 10.7 Å². The highest BCUT2D eigenvalue weighted by atomic mass is 19.1. The fraction of sp³-hybridized carbons (Fsp3) is 0. The van der Waals surface area contributed by atoms with Crippen molar-refractivity contribution in [2.45, 2.75) is 0 Å². The first kappa shape index (κ1) is 13.7. The van der Waals surface area contributed by atoms with Crippen molar-refractivity contribution in [1.29, 1.82) is 0 Å². The van der Waals surface area contributed by atoms with Crippen LogP contribution in [-0.2, 0) is 0 Å². The van der Waals surface area contributed by atoms with E-state index in [0.717, 1.165) is 18.2 Å². The van der Waals surface area contributed by atoms with Gasteiger partial charge in [0.05, 0.1) is 16.3 Å². The number of halogens is 2. The Morgan fingerprint density at radius 2 is 1.80 bits per heavy atom. The minimum absolute atomic E-state index is 0.131. The molecule has 2 rings (SSSR count). The number of rotatable bonds is 4. The quantitative estimate of drug-likeness (QED) is 0.455. The number of nitro groups is 1. The predicted octanol–water partition coefficient (Wildman–Crippen LogP) is 2.90. The number of non-ortho nitro benzene ring substituents is 1. The lowest BCUT2D eigenvalue weighted by atomic mass is 10.2. The number of hydrogen-bond acceptors (Lipinski definition) is 5. The molecule has 0 atom stereocenters. The summed E-state index contributed by atoms with van der Waals surface area (Å²) in [6.45, 7) is 0. The van der Waals surface area contributed by atoms with Gasteiger partial charge in [-0.3, -0.25) is 16.0 Å². The van der Waals surface area contributed by atoms with E-state index >= 15 is 0 Å². The Morgan fingerprint density at radius 1 is 1.10 bits per heavy atom. The summed E-state index contributed by atoms with van der Waals surface area (Å²) in [5, 5.41) is 13.3. The van der Waals surface area contributed by atoms with Crippen molar-refractivity contribution in [3.63, 3.8) is 0 Å². The van der Waals surface area contributed by atoms with Crippen LogP contribution in [0.3, 0.4) is 0 Å². The number of hydrazine groups is 1. The maximum Gasteiger partial charge on any atom is 0.273 e. The van der Waals surface area contributed by atoms with Gasteiger partial charge in [0.25, 0.3) is 5.69 Å². The normalized spacial score (nSPS) is 10.2. The zero-order valence-corrected chi connectivity index (χ0v) is 10.1. The van der Waals surface area contributed by atoms with Gasteiger partial charge in [-0.2, -0.15) is 0 Å². The molecule has 6 nitrogen and oxygen atoms in total. The molecule has 0 aliphatic carbocycles. The van der Waals surface area contributed by atoms with E-state index < -0.39 is 16.6 Å². The van der Waals surface area contributed by atoms with Crippen LogP contribution in [0.2, 0.25) is 0 Å². The molecule has 0 amide bonds. The van der Waals surface area contributed by atoms with Gasteiger partial charge in [0.15, 0.2) is 0 Å². The summed E-state index contributed by atoms with van der Waals surface area (Å²) < 4.78 is 26.5. The molecule has 0 aliphatic rings. The molecule has 0 unspecified atom stereocenters. The Bertz CT molecular complexity index is 664. The largest absolute Gasteiger partial charge is 0.353 e. The van der Waals surface area contributed by atoms with Gasteiger partial charge in [-0.15, -0.1) is 0 Å². The fourth-order valence-electron chi connectivity index (χ4n) is 1.62. The van der Waals surface area contributed by atoms with Crippen LogP contribution in [0.25, 0.3) is 0 Å². The summed E-state index contributed by atoms with van der Waals surface area (Å²) in [4.78, 5) is 10.2. The van der Waals surface area contributed by atoms with Crippen molar-refractivity contribution in [3.05, 3.63) is 58.1 Å². The molecule has 0 heterocycles. The lowest BCUT2D eigenvalue weighted by Crippen LogP contribution is -2.07. The standard InChI is InChI=1S/C12H10F2N4O2/c13-7-1-2-11(14)12(3-7)16-8-4-9(17-15)6-10(5-8)18(19)20/h1-6,16-17H,15H2. The second-order valence-corrected chi connectivity index (χ2v) is 3.92. The molecule has 0 aromatic heterocycles. The Labute approximate surface area is 112 Å². The van der Waals surface area contributed by atoms with E-state index in [9.17, 15) is 18.9 Å². The van der Waals surface area contributed by atoms with Gasteiger partial charge in [-0.1, -0.05) is 0 Å². The van der Waals surface area contributed by atoms with Crippen molar-refractivity contribution in [2.24, 2.45) is 5.84 Å². The maximum atomic E-state index is 13.5. The first-order chi connectivity index (χ1) is 9.49. The summed E-state index contributed by atoms with van der Waals surface area (Å²) in [6, 6.07) is 6.71. The van der Waals surface area contributed by atoms with Gasteiger partial charge in [0.1, 0.15) is 11.6 Å². The molecular weight excluding hydrogens is 270 g/mol. The second kappa shape index (κ2) is 5.49. The fourth-order valence-corrected chi connectivity index (χ4v) is 1.62. The van der Waals surface area contributed by atoms with Crippen molar-refractivity contribution in [1.82, 2.24) is 0 Å². The topological polar surface area (TPSA) is 93.2 Å². The minimum Gasteiger partial charge on any atom is -0.353 e. The zero-order chi connectivity index (χ0) is 14.7. The van der Waals surface area contributed by atoms with E-state index in [1.807, 2.05) is 0 Å². The van der Waals surface area contributed by atoms with Gasteiger partial charge in [-0.05, 0) is 18.2 Å². The Morgan fingerprint density at radius 3 is 2.45 bits per heavy atom. The Balaban J connectivity index is 2.39. The van der Waals surface area contributed by atoms with E-state index in [1.54, 1.807) is 0 Å². The molecule has 20 heavy (non-hydrogen) atoms. The number of nitrogens with zero attached hydrogens (tertiary/aromatic N) is 1. The summed E-state index contributed by atoms with van der Waals surface area (Å²) in [6.07, 6.45) is 0. The van der Waals surface area contributed by atoms with Gasteiger partial charge in [-0.25, -0.2) is 8.78 Å². The van der Waals surface area contributed by atoms with Crippen LogP contribution in [0.4, 0.5) is 31.5 Å². The number of anilines is 3. The van der Waals surface area contributed by atoms with Crippen LogP contribution < -0.4 is 16.6 Å². The molecule has 0 aliphatic heterocycles. The molecule has 2 aromatic rings. The molecule has 0 saturated carbocycles.